The molecule has 0 aliphatic heterocycles. The molecule has 1 aromatic carbocycles. The summed E-state index contributed by atoms with van der Waals surface area (Å²) in [7, 11) is 3.32. The maximum Gasteiger partial charge on any atom is 0.191 e. The predicted molar refractivity (Wildman–Crippen MR) is 88.9 cm³/mol. The molecular formula is C16H27N3O3. The van der Waals surface area contributed by atoms with Crippen molar-refractivity contribution in [1.82, 2.24) is 10.6 Å². The molecule has 0 saturated carbocycles. The molecule has 22 heavy (non-hydrogen) atoms. The molecule has 0 aliphatic carbocycles. The first kappa shape index (κ1) is 18.1. The van der Waals surface area contributed by atoms with Crippen LogP contribution >= 0.6 is 0 Å². The number of methoxy groups -OCH3 is 2. The molecule has 0 amide bonds. The molecule has 2 N–H and O–H groups in total. The fraction of sp³-hybridized carbons (Fsp3) is 0.562. The highest BCUT2D eigenvalue weighted by Gasteiger charge is 2.05. The molecule has 0 heterocycles. The zero-order valence-corrected chi connectivity index (χ0v) is 13.9. The number of nitrogens with one attached hydrogen (secondary N) is 2. The Labute approximate surface area is 132 Å². The van der Waals surface area contributed by atoms with Crippen LogP contribution in [0, 0.1) is 0 Å². The van der Waals surface area contributed by atoms with Crippen LogP contribution in [0.25, 0.3) is 0 Å². The van der Waals surface area contributed by atoms with E-state index in [0.717, 1.165) is 30.5 Å². The van der Waals surface area contributed by atoms with Gasteiger partial charge < -0.3 is 24.8 Å². The number of hydrogen-bond acceptors (Lipinski definition) is 4. The van der Waals surface area contributed by atoms with Crippen LogP contribution in [-0.2, 0) is 4.74 Å². The van der Waals surface area contributed by atoms with Gasteiger partial charge in [-0.25, -0.2) is 4.99 Å². The smallest absolute Gasteiger partial charge is 0.191 e. The second-order valence-corrected chi connectivity index (χ2v) is 4.74. The Hall–Kier alpha value is -1.95. The lowest BCUT2D eigenvalue weighted by Crippen LogP contribution is -2.39. The molecule has 1 atom stereocenters. The van der Waals surface area contributed by atoms with Gasteiger partial charge in [0.1, 0.15) is 17.6 Å². The molecule has 0 saturated heterocycles. The van der Waals surface area contributed by atoms with Crippen LogP contribution in [0.1, 0.15) is 13.8 Å². The topological polar surface area (TPSA) is 64.1 Å². The lowest BCUT2D eigenvalue weighted by molar-refractivity contribution is 0.203. The summed E-state index contributed by atoms with van der Waals surface area (Å²) < 4.78 is 16.0. The first-order chi connectivity index (χ1) is 10.7. The van der Waals surface area contributed by atoms with Gasteiger partial charge in [-0.05, 0) is 38.1 Å². The third-order valence-electron chi connectivity index (χ3n) is 2.85. The van der Waals surface area contributed by atoms with Gasteiger partial charge >= 0.3 is 0 Å². The van der Waals surface area contributed by atoms with E-state index in [1.54, 1.807) is 14.2 Å². The molecular weight excluding hydrogens is 282 g/mol. The Balaban J connectivity index is 2.45. The van der Waals surface area contributed by atoms with Crippen molar-refractivity contribution in [1.29, 1.82) is 0 Å². The SMILES string of the molecule is CCNC(=NCC(C)Oc1ccc(OC)cc1)NCCOC. The summed E-state index contributed by atoms with van der Waals surface area (Å²) in [6.07, 6.45) is -0.0220. The number of aliphatic imine (C=N–C) groups is 1. The Morgan fingerprint density at radius 2 is 1.82 bits per heavy atom. The van der Waals surface area contributed by atoms with Gasteiger partial charge in [0.05, 0.1) is 20.3 Å². The first-order valence-electron chi connectivity index (χ1n) is 7.51. The molecule has 0 spiro atoms. The fourth-order valence-electron chi connectivity index (χ4n) is 1.76. The van der Waals surface area contributed by atoms with Crippen LogP contribution in [-0.4, -0.2) is 52.5 Å². The normalized spacial score (nSPS) is 12.6. The minimum Gasteiger partial charge on any atom is -0.497 e. The first-order valence-corrected chi connectivity index (χ1v) is 7.51. The number of benzene rings is 1. The largest absolute Gasteiger partial charge is 0.497 e. The van der Waals surface area contributed by atoms with Gasteiger partial charge in [0.15, 0.2) is 5.96 Å². The number of rotatable bonds is 9. The van der Waals surface area contributed by atoms with Gasteiger partial charge in [0.2, 0.25) is 0 Å². The quantitative estimate of drug-likeness (QED) is 0.413. The molecule has 0 bridgehead atoms. The number of ether oxygens (including phenoxy) is 3. The van der Waals surface area contributed by atoms with Crippen LogP contribution in [0.5, 0.6) is 11.5 Å². The Morgan fingerprint density at radius 1 is 1.14 bits per heavy atom. The average molecular weight is 309 g/mol. The number of hydrogen-bond donors (Lipinski definition) is 2. The standard InChI is InChI=1S/C16H27N3O3/c1-5-17-16(18-10-11-20-3)19-12-13(2)22-15-8-6-14(21-4)7-9-15/h6-9,13H,5,10-12H2,1-4H3,(H2,17,18,19). The van der Waals surface area contributed by atoms with Crippen LogP contribution in [0.3, 0.4) is 0 Å². The summed E-state index contributed by atoms with van der Waals surface area (Å²) >= 11 is 0. The van der Waals surface area contributed by atoms with E-state index in [9.17, 15) is 0 Å². The third kappa shape index (κ3) is 7.17. The summed E-state index contributed by atoms with van der Waals surface area (Å²) in [5.74, 6) is 2.39. The van der Waals surface area contributed by atoms with Crippen molar-refractivity contribution in [3.63, 3.8) is 0 Å². The molecule has 0 aromatic heterocycles. The van der Waals surface area contributed by atoms with E-state index in [1.165, 1.54) is 0 Å². The molecule has 6 heteroatoms. The summed E-state index contributed by atoms with van der Waals surface area (Å²) in [6, 6.07) is 7.53. The molecule has 0 fully saturated rings. The van der Waals surface area contributed by atoms with Crippen molar-refractivity contribution in [2.24, 2.45) is 4.99 Å². The second kappa shape index (κ2) is 10.7. The summed E-state index contributed by atoms with van der Waals surface area (Å²) in [4.78, 5) is 4.50. The highest BCUT2D eigenvalue weighted by molar-refractivity contribution is 5.79. The molecule has 6 nitrogen and oxygen atoms in total. The van der Waals surface area contributed by atoms with Crippen molar-refractivity contribution in [2.45, 2.75) is 20.0 Å². The molecule has 124 valence electrons. The van der Waals surface area contributed by atoms with E-state index >= 15 is 0 Å². The third-order valence-corrected chi connectivity index (χ3v) is 2.85. The van der Waals surface area contributed by atoms with Crippen molar-refractivity contribution in [3.05, 3.63) is 24.3 Å². The Bertz CT molecular complexity index is 435. The van der Waals surface area contributed by atoms with Crippen molar-refractivity contribution in [2.75, 3.05) is 40.5 Å². The zero-order chi connectivity index (χ0) is 16.2. The maximum absolute atomic E-state index is 5.83. The van der Waals surface area contributed by atoms with Crippen LogP contribution in [0.4, 0.5) is 0 Å². The zero-order valence-electron chi connectivity index (χ0n) is 13.9. The van der Waals surface area contributed by atoms with Crippen LogP contribution < -0.4 is 20.1 Å². The molecule has 1 aromatic rings. The van der Waals surface area contributed by atoms with Gasteiger partial charge in [-0.3, -0.25) is 0 Å². The predicted octanol–water partition coefficient (Wildman–Crippen LogP) is 1.66. The van der Waals surface area contributed by atoms with E-state index in [2.05, 4.69) is 15.6 Å². The lowest BCUT2D eigenvalue weighted by atomic mass is 10.3. The van der Waals surface area contributed by atoms with Gasteiger partial charge in [0.25, 0.3) is 0 Å². The van der Waals surface area contributed by atoms with E-state index in [0.29, 0.717) is 13.2 Å². The lowest BCUT2D eigenvalue weighted by Gasteiger charge is -2.15. The fourth-order valence-corrected chi connectivity index (χ4v) is 1.76. The minimum absolute atomic E-state index is 0.0220. The van der Waals surface area contributed by atoms with Gasteiger partial charge in [-0.2, -0.15) is 0 Å². The van der Waals surface area contributed by atoms with Gasteiger partial charge in [-0.1, -0.05) is 0 Å². The monoisotopic (exact) mass is 309 g/mol. The average Bonchev–Trinajstić information content (AvgIpc) is 2.53. The minimum atomic E-state index is -0.0220. The highest BCUT2D eigenvalue weighted by atomic mass is 16.5. The number of guanidine groups is 1. The van der Waals surface area contributed by atoms with E-state index in [1.807, 2.05) is 38.1 Å². The molecule has 0 aliphatic rings. The second-order valence-electron chi connectivity index (χ2n) is 4.74. The summed E-state index contributed by atoms with van der Waals surface area (Å²) in [5, 5.41) is 6.38. The van der Waals surface area contributed by atoms with Crippen molar-refractivity contribution >= 4 is 5.96 Å². The van der Waals surface area contributed by atoms with E-state index in [-0.39, 0.29) is 6.10 Å². The van der Waals surface area contributed by atoms with Gasteiger partial charge in [-0.15, -0.1) is 0 Å². The van der Waals surface area contributed by atoms with Crippen LogP contribution in [0.15, 0.2) is 29.3 Å². The van der Waals surface area contributed by atoms with Crippen molar-refractivity contribution in [3.8, 4) is 11.5 Å². The Morgan fingerprint density at radius 3 is 2.41 bits per heavy atom. The molecule has 1 unspecified atom stereocenters. The summed E-state index contributed by atoms with van der Waals surface area (Å²) in [6.45, 7) is 6.76. The molecule has 0 radical (unpaired) electrons. The highest BCUT2D eigenvalue weighted by Crippen LogP contribution is 2.18. The van der Waals surface area contributed by atoms with Gasteiger partial charge in [0, 0.05) is 20.2 Å². The molecule has 1 rings (SSSR count). The number of nitrogens with zero attached hydrogens (tertiary/aromatic N) is 1. The Kier molecular flexibility index (Phi) is 8.83. The summed E-state index contributed by atoms with van der Waals surface area (Å²) in [5.41, 5.74) is 0. The maximum atomic E-state index is 5.83. The van der Waals surface area contributed by atoms with Crippen LogP contribution in [0.2, 0.25) is 0 Å². The van der Waals surface area contributed by atoms with E-state index in [4.69, 9.17) is 14.2 Å². The van der Waals surface area contributed by atoms with E-state index < -0.39 is 0 Å². The van der Waals surface area contributed by atoms with Crippen molar-refractivity contribution < 1.29 is 14.2 Å².